The molecule has 0 bridgehead atoms. The highest BCUT2D eigenvalue weighted by Gasteiger charge is 2.05. The molecule has 0 spiro atoms. The summed E-state index contributed by atoms with van der Waals surface area (Å²) in [5, 5.41) is 3.44. The van der Waals surface area contributed by atoms with Gasteiger partial charge < -0.3 is 10.2 Å². The summed E-state index contributed by atoms with van der Waals surface area (Å²) in [7, 11) is 3.90. The van der Waals surface area contributed by atoms with Crippen LogP contribution in [0.2, 0.25) is 0 Å². The third-order valence-electron chi connectivity index (χ3n) is 2.93. The van der Waals surface area contributed by atoms with Gasteiger partial charge in [-0.3, -0.25) is 0 Å². The molecule has 0 aliphatic carbocycles. The van der Waals surface area contributed by atoms with E-state index in [9.17, 15) is 0 Å². The minimum Gasteiger partial charge on any atom is -0.367 e. The number of nitrogens with zero attached hydrogens (tertiary/aromatic N) is 3. The molecule has 102 valence electrons. The van der Waals surface area contributed by atoms with Crippen LogP contribution in [0.3, 0.4) is 0 Å². The summed E-state index contributed by atoms with van der Waals surface area (Å²) in [6.07, 6.45) is 8.24. The maximum atomic E-state index is 4.46. The summed E-state index contributed by atoms with van der Waals surface area (Å²) >= 11 is 0. The van der Waals surface area contributed by atoms with E-state index in [1.807, 2.05) is 25.1 Å². The second kappa shape index (κ2) is 7.90. The second-order valence-corrected chi connectivity index (χ2v) is 5.03. The molecule has 0 saturated heterocycles. The molecule has 1 aromatic heterocycles. The lowest BCUT2D eigenvalue weighted by molar-refractivity contribution is 0.593. The lowest BCUT2D eigenvalue weighted by atomic mass is 10.1. The van der Waals surface area contributed by atoms with Crippen molar-refractivity contribution in [2.75, 3.05) is 24.3 Å². The van der Waals surface area contributed by atoms with Crippen LogP contribution < -0.4 is 10.2 Å². The predicted octanol–water partition coefficient (Wildman–Crippen LogP) is 3.31. The molecule has 1 atom stereocenters. The monoisotopic (exact) mass is 250 g/mol. The van der Waals surface area contributed by atoms with E-state index < -0.39 is 0 Å². The number of hydrogen-bond donors (Lipinski definition) is 1. The minimum atomic E-state index is 0.465. The third-order valence-corrected chi connectivity index (χ3v) is 2.93. The summed E-state index contributed by atoms with van der Waals surface area (Å²) < 4.78 is 0. The number of nitrogens with one attached hydrogen (secondary N) is 1. The van der Waals surface area contributed by atoms with Crippen LogP contribution in [0, 0.1) is 0 Å². The topological polar surface area (TPSA) is 41.1 Å². The molecule has 0 fully saturated rings. The minimum absolute atomic E-state index is 0.465. The summed E-state index contributed by atoms with van der Waals surface area (Å²) in [4.78, 5) is 10.6. The molecule has 4 nitrogen and oxygen atoms in total. The molecule has 4 heteroatoms. The Kier molecular flexibility index (Phi) is 6.47. The zero-order valence-corrected chi connectivity index (χ0v) is 12.1. The zero-order valence-electron chi connectivity index (χ0n) is 12.1. The second-order valence-electron chi connectivity index (χ2n) is 5.03. The average Bonchev–Trinajstić information content (AvgIpc) is 2.35. The molecular weight excluding hydrogens is 224 g/mol. The molecule has 0 aliphatic rings. The number of anilines is 2. The van der Waals surface area contributed by atoms with Crippen LogP contribution in [0.4, 0.5) is 11.8 Å². The molecule has 1 rings (SSSR count). The lowest BCUT2D eigenvalue weighted by Gasteiger charge is -2.16. The fraction of sp³-hybridized carbons (Fsp3) is 0.714. The van der Waals surface area contributed by atoms with Gasteiger partial charge in [-0.1, -0.05) is 32.6 Å². The Labute approximate surface area is 111 Å². The fourth-order valence-electron chi connectivity index (χ4n) is 1.85. The molecular formula is C14H26N4. The van der Waals surface area contributed by atoms with Gasteiger partial charge in [0.25, 0.3) is 0 Å². The molecule has 1 unspecified atom stereocenters. The van der Waals surface area contributed by atoms with E-state index in [0.29, 0.717) is 6.04 Å². The summed E-state index contributed by atoms with van der Waals surface area (Å²) in [5.74, 6) is 1.66. The van der Waals surface area contributed by atoms with Crippen molar-refractivity contribution in [3.8, 4) is 0 Å². The van der Waals surface area contributed by atoms with Gasteiger partial charge >= 0.3 is 0 Å². The first-order valence-corrected chi connectivity index (χ1v) is 6.90. The molecule has 0 radical (unpaired) electrons. The number of rotatable bonds is 8. The Morgan fingerprint density at radius 3 is 2.72 bits per heavy atom. The van der Waals surface area contributed by atoms with Gasteiger partial charge in [0.05, 0.1) is 0 Å². The van der Waals surface area contributed by atoms with Crippen molar-refractivity contribution in [3.05, 3.63) is 12.3 Å². The Morgan fingerprint density at radius 1 is 1.28 bits per heavy atom. The largest absolute Gasteiger partial charge is 0.367 e. The van der Waals surface area contributed by atoms with Crippen molar-refractivity contribution in [3.63, 3.8) is 0 Å². The quantitative estimate of drug-likeness (QED) is 0.719. The molecule has 1 heterocycles. The van der Waals surface area contributed by atoms with Gasteiger partial charge in [0, 0.05) is 26.3 Å². The first-order chi connectivity index (χ1) is 8.63. The normalized spacial score (nSPS) is 12.2. The molecule has 0 saturated carbocycles. The van der Waals surface area contributed by atoms with Crippen molar-refractivity contribution >= 4 is 11.8 Å². The van der Waals surface area contributed by atoms with E-state index in [0.717, 1.165) is 11.8 Å². The van der Waals surface area contributed by atoms with E-state index in [4.69, 9.17) is 0 Å². The Hall–Kier alpha value is -1.32. The van der Waals surface area contributed by atoms with Gasteiger partial charge in [-0.15, -0.1) is 0 Å². The van der Waals surface area contributed by atoms with Crippen molar-refractivity contribution < 1.29 is 0 Å². The van der Waals surface area contributed by atoms with Crippen molar-refractivity contribution in [1.82, 2.24) is 9.97 Å². The van der Waals surface area contributed by atoms with Crippen LogP contribution >= 0.6 is 0 Å². The van der Waals surface area contributed by atoms with Crippen molar-refractivity contribution in [1.29, 1.82) is 0 Å². The van der Waals surface area contributed by atoms with Crippen LogP contribution in [0.1, 0.15) is 46.0 Å². The van der Waals surface area contributed by atoms with Gasteiger partial charge in [0.15, 0.2) is 0 Å². The van der Waals surface area contributed by atoms with Crippen LogP contribution in [0.25, 0.3) is 0 Å². The maximum absolute atomic E-state index is 4.46. The third kappa shape index (κ3) is 5.34. The highest BCUT2D eigenvalue weighted by molar-refractivity contribution is 5.40. The molecule has 0 aliphatic heterocycles. The highest BCUT2D eigenvalue weighted by atomic mass is 15.2. The van der Waals surface area contributed by atoms with E-state index in [1.54, 1.807) is 6.20 Å². The first-order valence-electron chi connectivity index (χ1n) is 6.90. The molecule has 1 aromatic rings. The van der Waals surface area contributed by atoms with Gasteiger partial charge in [0.1, 0.15) is 5.82 Å². The van der Waals surface area contributed by atoms with Crippen LogP contribution in [-0.2, 0) is 0 Å². The summed E-state index contributed by atoms with van der Waals surface area (Å²) in [6.45, 7) is 4.45. The highest BCUT2D eigenvalue weighted by Crippen LogP contribution is 2.12. The van der Waals surface area contributed by atoms with E-state index in [1.165, 1.54) is 32.1 Å². The number of hydrogen-bond acceptors (Lipinski definition) is 4. The molecule has 0 aromatic carbocycles. The van der Waals surface area contributed by atoms with Gasteiger partial charge in [0.2, 0.25) is 5.95 Å². The summed E-state index contributed by atoms with van der Waals surface area (Å²) in [6, 6.07) is 2.39. The lowest BCUT2D eigenvalue weighted by Crippen LogP contribution is -2.18. The van der Waals surface area contributed by atoms with Crippen molar-refractivity contribution in [2.24, 2.45) is 0 Å². The van der Waals surface area contributed by atoms with Gasteiger partial charge in [-0.25, -0.2) is 4.98 Å². The van der Waals surface area contributed by atoms with Crippen LogP contribution in [0.5, 0.6) is 0 Å². The number of aromatic nitrogens is 2. The standard InChI is InChI=1S/C14H26N4/c1-5-6-7-8-9-12(2)16-13-10-11-15-14(17-13)18(3)4/h10-12H,5-9H2,1-4H3,(H,15,16,17). The van der Waals surface area contributed by atoms with E-state index in [2.05, 4.69) is 29.1 Å². The molecule has 18 heavy (non-hydrogen) atoms. The smallest absolute Gasteiger partial charge is 0.226 e. The van der Waals surface area contributed by atoms with Crippen LogP contribution in [-0.4, -0.2) is 30.1 Å². The summed E-state index contributed by atoms with van der Waals surface area (Å²) in [5.41, 5.74) is 0. The Balaban J connectivity index is 2.39. The van der Waals surface area contributed by atoms with Crippen molar-refractivity contribution in [2.45, 2.75) is 52.0 Å². The SMILES string of the molecule is CCCCCCC(C)Nc1ccnc(N(C)C)n1. The average molecular weight is 250 g/mol. The predicted molar refractivity (Wildman–Crippen MR) is 78.2 cm³/mol. The van der Waals surface area contributed by atoms with E-state index in [-0.39, 0.29) is 0 Å². The number of unbranched alkanes of at least 4 members (excludes halogenated alkanes) is 3. The maximum Gasteiger partial charge on any atom is 0.226 e. The van der Waals surface area contributed by atoms with Gasteiger partial charge in [-0.2, -0.15) is 4.98 Å². The zero-order chi connectivity index (χ0) is 13.4. The van der Waals surface area contributed by atoms with Crippen LogP contribution in [0.15, 0.2) is 12.3 Å². The Morgan fingerprint density at radius 2 is 2.06 bits per heavy atom. The molecule has 0 amide bonds. The van der Waals surface area contributed by atoms with Gasteiger partial charge in [-0.05, 0) is 19.4 Å². The fourth-order valence-corrected chi connectivity index (χ4v) is 1.85. The Bertz CT molecular complexity index is 338. The van der Waals surface area contributed by atoms with E-state index >= 15 is 0 Å². The first kappa shape index (κ1) is 14.7. The molecule has 1 N–H and O–H groups in total.